The number of nitrogens with zero attached hydrogens (tertiary/aromatic N) is 2. The molecule has 0 aliphatic heterocycles. The zero-order chi connectivity index (χ0) is 8.39. The molecule has 2 rings (SSSR count). The van der Waals surface area contributed by atoms with E-state index in [1.54, 1.807) is 6.20 Å². The van der Waals surface area contributed by atoms with Crippen LogP contribution in [0.2, 0.25) is 0 Å². The minimum atomic E-state index is 1.00. The Hall–Kier alpha value is -1.22. The summed E-state index contributed by atoms with van der Waals surface area (Å²) < 4.78 is 4.19. The van der Waals surface area contributed by atoms with E-state index in [-0.39, 0.29) is 0 Å². The zero-order valence-corrected chi connectivity index (χ0v) is 7.51. The minimum Gasteiger partial charge on any atom is -0.255 e. The Morgan fingerprint density at radius 3 is 2.83 bits per heavy atom. The van der Waals surface area contributed by atoms with Gasteiger partial charge in [0.2, 0.25) is 0 Å². The first-order chi connectivity index (χ1) is 5.86. The van der Waals surface area contributed by atoms with Crippen molar-refractivity contribution < 1.29 is 0 Å². The van der Waals surface area contributed by atoms with Gasteiger partial charge in [-0.2, -0.15) is 4.37 Å². The summed E-state index contributed by atoms with van der Waals surface area (Å²) in [5, 5.41) is 0. The van der Waals surface area contributed by atoms with E-state index in [0.29, 0.717) is 0 Å². The van der Waals surface area contributed by atoms with E-state index in [4.69, 9.17) is 0 Å². The average molecular weight is 176 g/mol. The number of pyridine rings is 1. The molecule has 0 N–H and O–H groups in total. The maximum Gasteiger partial charge on any atom is 0.0817 e. The Labute approximate surface area is 75.1 Å². The van der Waals surface area contributed by atoms with Crippen molar-refractivity contribution in [3.8, 4) is 10.6 Å². The summed E-state index contributed by atoms with van der Waals surface area (Å²) in [6, 6.07) is 7.94. The van der Waals surface area contributed by atoms with Crippen molar-refractivity contribution in [3.63, 3.8) is 0 Å². The molecule has 60 valence electrons. The topological polar surface area (TPSA) is 25.8 Å². The molecular formula is C9H8N2S. The third-order valence-corrected chi connectivity index (χ3v) is 2.45. The molecule has 2 heterocycles. The second-order valence-corrected chi connectivity index (χ2v) is 3.35. The molecule has 3 heteroatoms. The fourth-order valence-electron chi connectivity index (χ4n) is 0.993. The molecule has 0 saturated heterocycles. The van der Waals surface area contributed by atoms with Gasteiger partial charge in [-0.05, 0) is 36.7 Å². The summed E-state index contributed by atoms with van der Waals surface area (Å²) in [6.07, 6.45) is 1.80. The Kier molecular flexibility index (Phi) is 1.87. The molecule has 0 spiro atoms. The van der Waals surface area contributed by atoms with Crippen molar-refractivity contribution in [1.29, 1.82) is 0 Å². The molecule has 0 aromatic carbocycles. The summed E-state index contributed by atoms with van der Waals surface area (Å²) in [6.45, 7) is 1.99. The van der Waals surface area contributed by atoms with Gasteiger partial charge in [0.05, 0.1) is 16.3 Å². The van der Waals surface area contributed by atoms with Gasteiger partial charge < -0.3 is 0 Å². The first-order valence-corrected chi connectivity index (χ1v) is 4.48. The molecule has 0 unspecified atom stereocenters. The molecule has 0 aliphatic rings. The van der Waals surface area contributed by atoms with E-state index in [0.717, 1.165) is 16.3 Å². The fourth-order valence-corrected chi connectivity index (χ4v) is 1.73. The second kappa shape index (κ2) is 3.03. The van der Waals surface area contributed by atoms with Crippen LogP contribution in [0.1, 0.15) is 5.69 Å². The molecule has 0 bridgehead atoms. The van der Waals surface area contributed by atoms with Crippen molar-refractivity contribution in [2.24, 2.45) is 0 Å². The molecule has 0 aliphatic carbocycles. The number of aromatic nitrogens is 2. The third-order valence-electron chi connectivity index (χ3n) is 1.55. The predicted molar refractivity (Wildman–Crippen MR) is 50.1 cm³/mol. The number of hydrogen-bond donors (Lipinski definition) is 0. The van der Waals surface area contributed by atoms with Crippen LogP contribution in [0.25, 0.3) is 10.6 Å². The zero-order valence-electron chi connectivity index (χ0n) is 6.69. The lowest BCUT2D eigenvalue weighted by molar-refractivity contribution is 1.33. The highest BCUT2D eigenvalue weighted by Gasteiger charge is 2.00. The number of rotatable bonds is 1. The molecule has 2 aromatic rings. The van der Waals surface area contributed by atoms with Crippen LogP contribution in [-0.2, 0) is 0 Å². The maximum absolute atomic E-state index is 4.23. The Balaban J connectivity index is 2.45. The average Bonchev–Trinajstić information content (AvgIpc) is 2.54. The lowest BCUT2D eigenvalue weighted by atomic mass is 10.3. The highest BCUT2D eigenvalue weighted by molar-refractivity contribution is 7.09. The van der Waals surface area contributed by atoms with Crippen LogP contribution < -0.4 is 0 Å². The maximum atomic E-state index is 4.23. The van der Waals surface area contributed by atoms with Gasteiger partial charge >= 0.3 is 0 Å². The lowest BCUT2D eigenvalue weighted by Gasteiger charge is -1.91. The first-order valence-electron chi connectivity index (χ1n) is 3.71. The molecule has 2 aromatic heterocycles. The summed E-state index contributed by atoms with van der Waals surface area (Å²) >= 11 is 1.49. The number of aryl methyl sites for hydroxylation is 1. The smallest absolute Gasteiger partial charge is 0.0817 e. The Bertz CT molecular complexity index is 367. The SMILES string of the molecule is Cc1cc(-c2ccccn2)sn1. The van der Waals surface area contributed by atoms with Gasteiger partial charge in [0.15, 0.2) is 0 Å². The summed E-state index contributed by atoms with van der Waals surface area (Å²) in [5.74, 6) is 0. The normalized spacial score (nSPS) is 10.1. The summed E-state index contributed by atoms with van der Waals surface area (Å²) in [4.78, 5) is 5.37. The van der Waals surface area contributed by atoms with Gasteiger partial charge in [0.1, 0.15) is 0 Å². The van der Waals surface area contributed by atoms with Crippen LogP contribution >= 0.6 is 11.5 Å². The van der Waals surface area contributed by atoms with Crippen LogP contribution in [-0.4, -0.2) is 9.36 Å². The summed E-state index contributed by atoms with van der Waals surface area (Å²) in [5.41, 5.74) is 2.06. The molecule has 0 radical (unpaired) electrons. The van der Waals surface area contributed by atoms with Gasteiger partial charge in [0.25, 0.3) is 0 Å². The molecule has 0 atom stereocenters. The molecule has 0 fully saturated rings. The summed E-state index contributed by atoms with van der Waals surface area (Å²) in [7, 11) is 0. The quantitative estimate of drug-likeness (QED) is 0.667. The predicted octanol–water partition coefficient (Wildman–Crippen LogP) is 2.51. The van der Waals surface area contributed by atoms with E-state index in [9.17, 15) is 0 Å². The van der Waals surface area contributed by atoms with Crippen molar-refractivity contribution in [2.45, 2.75) is 6.92 Å². The Morgan fingerprint density at radius 1 is 1.33 bits per heavy atom. The van der Waals surface area contributed by atoms with E-state index < -0.39 is 0 Å². The van der Waals surface area contributed by atoms with Crippen LogP contribution in [0.4, 0.5) is 0 Å². The van der Waals surface area contributed by atoms with Gasteiger partial charge in [-0.15, -0.1) is 0 Å². The first kappa shape index (κ1) is 7.43. The highest BCUT2D eigenvalue weighted by atomic mass is 32.1. The second-order valence-electron chi connectivity index (χ2n) is 2.55. The molecule has 12 heavy (non-hydrogen) atoms. The lowest BCUT2D eigenvalue weighted by Crippen LogP contribution is -1.75. The van der Waals surface area contributed by atoms with Gasteiger partial charge in [-0.25, -0.2) is 0 Å². The van der Waals surface area contributed by atoms with Crippen molar-refractivity contribution in [2.75, 3.05) is 0 Å². The standard InChI is InChI=1S/C9H8N2S/c1-7-6-9(12-11-7)8-4-2-3-5-10-8/h2-6H,1H3. The highest BCUT2D eigenvalue weighted by Crippen LogP contribution is 2.21. The van der Waals surface area contributed by atoms with Gasteiger partial charge in [-0.3, -0.25) is 4.98 Å². The Morgan fingerprint density at radius 2 is 2.25 bits per heavy atom. The van der Waals surface area contributed by atoms with E-state index in [1.807, 2.05) is 31.2 Å². The van der Waals surface area contributed by atoms with E-state index in [2.05, 4.69) is 9.36 Å². The van der Waals surface area contributed by atoms with Gasteiger partial charge in [-0.1, -0.05) is 6.07 Å². The van der Waals surface area contributed by atoms with Crippen LogP contribution in [0.5, 0.6) is 0 Å². The van der Waals surface area contributed by atoms with Gasteiger partial charge in [0, 0.05) is 6.20 Å². The van der Waals surface area contributed by atoms with Crippen molar-refractivity contribution >= 4 is 11.5 Å². The largest absolute Gasteiger partial charge is 0.255 e. The minimum absolute atomic E-state index is 1.00. The van der Waals surface area contributed by atoms with Crippen molar-refractivity contribution in [3.05, 3.63) is 36.2 Å². The van der Waals surface area contributed by atoms with Crippen LogP contribution in [0.3, 0.4) is 0 Å². The van der Waals surface area contributed by atoms with E-state index in [1.165, 1.54) is 11.5 Å². The van der Waals surface area contributed by atoms with Crippen LogP contribution in [0, 0.1) is 6.92 Å². The molecule has 2 nitrogen and oxygen atoms in total. The molecule has 0 amide bonds. The van der Waals surface area contributed by atoms with E-state index >= 15 is 0 Å². The van der Waals surface area contributed by atoms with Crippen molar-refractivity contribution in [1.82, 2.24) is 9.36 Å². The molecule has 0 saturated carbocycles. The third kappa shape index (κ3) is 1.36. The molecular weight excluding hydrogens is 168 g/mol. The number of hydrogen-bond acceptors (Lipinski definition) is 3. The van der Waals surface area contributed by atoms with Crippen LogP contribution in [0.15, 0.2) is 30.5 Å². The monoisotopic (exact) mass is 176 g/mol. The fraction of sp³-hybridized carbons (Fsp3) is 0.111.